The SMILES string of the molecule is O=C(N[C@H]1CCCN(c2ccc(-c3ccncc3F)cc2)C1)C12CC3CC(C1)C(O)C(C3)C2.O=C(N[C@H]1CCCN(c2ccc(-c3ccncc3F)cc2)C1)C12CC3CC(C1)C(O)C(C3)C2. The van der Waals surface area contributed by atoms with Crippen molar-refractivity contribution in [2.24, 2.45) is 46.3 Å². The normalized spacial score (nSPS) is 35.0. The van der Waals surface area contributed by atoms with Crippen molar-refractivity contribution in [2.75, 3.05) is 36.0 Å². The molecule has 66 heavy (non-hydrogen) atoms. The number of rotatable bonds is 8. The summed E-state index contributed by atoms with van der Waals surface area (Å²) >= 11 is 0. The molecule has 10 nitrogen and oxygen atoms in total. The lowest BCUT2D eigenvalue weighted by Crippen LogP contribution is -2.60. The van der Waals surface area contributed by atoms with Crippen molar-refractivity contribution in [2.45, 2.75) is 114 Å². The van der Waals surface area contributed by atoms with E-state index >= 15 is 0 Å². The first-order chi connectivity index (χ1) is 32.0. The molecule has 10 aliphatic rings. The molecule has 8 aliphatic carbocycles. The van der Waals surface area contributed by atoms with E-state index in [0.29, 0.717) is 46.6 Å². The molecular formula is C54H64F2N6O4. The van der Waals surface area contributed by atoms with Gasteiger partial charge in [0.15, 0.2) is 0 Å². The highest BCUT2D eigenvalue weighted by molar-refractivity contribution is 5.84. The van der Waals surface area contributed by atoms with E-state index in [1.54, 1.807) is 24.5 Å². The fourth-order valence-electron chi connectivity index (χ4n) is 14.8. The van der Waals surface area contributed by atoms with Crippen LogP contribution in [-0.2, 0) is 9.59 Å². The summed E-state index contributed by atoms with van der Waals surface area (Å²) in [6, 6.07) is 19.7. The number of amides is 2. The first kappa shape index (κ1) is 43.6. The first-order valence-corrected chi connectivity index (χ1v) is 24.9. The maximum Gasteiger partial charge on any atom is 0.226 e. The van der Waals surface area contributed by atoms with Crippen molar-refractivity contribution in [1.82, 2.24) is 20.6 Å². The molecule has 8 saturated carbocycles. The van der Waals surface area contributed by atoms with Crippen LogP contribution in [0.3, 0.4) is 0 Å². The van der Waals surface area contributed by atoms with E-state index in [1.807, 2.05) is 48.5 Å². The van der Waals surface area contributed by atoms with Gasteiger partial charge < -0.3 is 30.6 Å². The first-order valence-electron chi connectivity index (χ1n) is 24.9. The number of anilines is 2. The molecule has 4 unspecified atom stereocenters. The van der Waals surface area contributed by atoms with Gasteiger partial charge in [0.25, 0.3) is 0 Å². The second-order valence-corrected chi connectivity index (χ2v) is 21.8. The van der Waals surface area contributed by atoms with Crippen LogP contribution in [0.4, 0.5) is 20.2 Å². The number of piperidine rings is 2. The summed E-state index contributed by atoms with van der Waals surface area (Å²) < 4.78 is 28.1. The lowest BCUT2D eigenvalue weighted by atomic mass is 9.48. The van der Waals surface area contributed by atoms with E-state index in [-0.39, 0.29) is 58.6 Å². The molecule has 4 aromatic rings. The Labute approximate surface area is 387 Å². The molecule has 4 N–H and O–H groups in total. The number of pyridine rings is 2. The zero-order valence-corrected chi connectivity index (χ0v) is 37.8. The maximum absolute atomic E-state index is 14.1. The molecular weight excluding hydrogens is 835 g/mol. The summed E-state index contributed by atoms with van der Waals surface area (Å²) in [5, 5.41) is 27.9. The highest BCUT2D eigenvalue weighted by Crippen LogP contribution is 2.61. The van der Waals surface area contributed by atoms with E-state index in [4.69, 9.17) is 0 Å². The molecule has 2 aliphatic heterocycles. The summed E-state index contributed by atoms with van der Waals surface area (Å²) in [6.45, 7) is 3.51. The fourth-order valence-corrected chi connectivity index (χ4v) is 14.8. The average Bonchev–Trinajstić information content (AvgIpc) is 3.33. The van der Waals surface area contributed by atoms with E-state index < -0.39 is 0 Å². The van der Waals surface area contributed by atoms with E-state index in [2.05, 4.69) is 30.4 Å². The number of benzene rings is 2. The van der Waals surface area contributed by atoms with Crippen LogP contribution >= 0.6 is 0 Å². The summed E-state index contributed by atoms with van der Waals surface area (Å²) in [7, 11) is 0. The molecule has 6 atom stereocenters. The largest absolute Gasteiger partial charge is 0.393 e. The van der Waals surface area contributed by atoms with Gasteiger partial charge in [-0.3, -0.25) is 19.6 Å². The summed E-state index contributed by atoms with van der Waals surface area (Å²) in [5.74, 6) is 2.30. The predicted octanol–water partition coefficient (Wildman–Crippen LogP) is 8.32. The third-order valence-corrected chi connectivity index (χ3v) is 17.6. The Hall–Kier alpha value is -4.94. The van der Waals surface area contributed by atoms with Gasteiger partial charge in [0, 0.05) is 73.2 Å². The van der Waals surface area contributed by atoms with E-state index in [0.717, 1.165) is 139 Å². The summed E-state index contributed by atoms with van der Waals surface area (Å²) in [6.07, 6.45) is 19.2. The van der Waals surface area contributed by atoms with Crippen LogP contribution in [0.2, 0.25) is 0 Å². The predicted molar refractivity (Wildman–Crippen MR) is 250 cm³/mol. The van der Waals surface area contributed by atoms with Crippen LogP contribution in [-0.4, -0.2) is 82.5 Å². The monoisotopic (exact) mass is 898 g/mol. The number of hydrogen-bond acceptors (Lipinski definition) is 8. The molecule has 12 heteroatoms. The number of carbonyl (C=O) groups is 2. The van der Waals surface area contributed by atoms with Gasteiger partial charge in [-0.2, -0.15) is 0 Å². The van der Waals surface area contributed by atoms with Gasteiger partial charge in [0.1, 0.15) is 11.6 Å². The molecule has 4 heterocycles. The topological polar surface area (TPSA) is 131 Å². The molecule has 14 rings (SSSR count). The van der Waals surface area contributed by atoms with Crippen LogP contribution in [0, 0.1) is 58.0 Å². The quantitative estimate of drug-likeness (QED) is 0.139. The number of halogens is 2. The van der Waals surface area contributed by atoms with Crippen molar-refractivity contribution < 1.29 is 28.6 Å². The Morgan fingerprint density at radius 1 is 0.561 bits per heavy atom. The Morgan fingerprint density at radius 3 is 1.30 bits per heavy atom. The number of aromatic nitrogens is 2. The molecule has 2 saturated heterocycles. The standard InChI is InChI=1S/2C27H32FN3O2/c2*28-24-15-29-8-7-23(24)18-3-5-22(6-4-18)31-9-1-2-21(16-31)30-26(33)27-12-17-10-19(13-27)25(32)20(11-17)14-27/h2*3-8,15,17,19-21,25,32H,1-2,9-14,16H2,(H,30,33)/t2*17?,19?,20?,21-,25?,27?/m00/s1. The van der Waals surface area contributed by atoms with Gasteiger partial charge in [0.2, 0.25) is 11.8 Å². The molecule has 0 spiro atoms. The van der Waals surface area contributed by atoms with Crippen LogP contribution in [0.25, 0.3) is 22.3 Å². The number of nitrogens with one attached hydrogen (secondary N) is 2. The maximum atomic E-state index is 14.1. The lowest BCUT2D eigenvalue weighted by Gasteiger charge is -2.58. The van der Waals surface area contributed by atoms with Crippen LogP contribution in [0.5, 0.6) is 0 Å². The highest BCUT2D eigenvalue weighted by Gasteiger charge is 2.59. The number of nitrogens with zero attached hydrogens (tertiary/aromatic N) is 4. The lowest BCUT2D eigenvalue weighted by molar-refractivity contribution is -0.164. The minimum absolute atomic E-state index is 0.140. The van der Waals surface area contributed by atoms with Crippen molar-refractivity contribution in [3.8, 4) is 22.3 Å². The molecule has 2 aromatic heterocycles. The van der Waals surface area contributed by atoms with Crippen LogP contribution in [0.15, 0.2) is 85.5 Å². The van der Waals surface area contributed by atoms with Crippen molar-refractivity contribution in [1.29, 1.82) is 0 Å². The molecule has 2 amide bonds. The highest BCUT2D eigenvalue weighted by atomic mass is 19.1. The van der Waals surface area contributed by atoms with Gasteiger partial charge in [-0.05, 0) is 173 Å². The Morgan fingerprint density at radius 2 is 0.939 bits per heavy atom. The Bertz CT molecular complexity index is 2220. The molecule has 348 valence electrons. The average molecular weight is 899 g/mol. The second kappa shape index (κ2) is 17.6. The zero-order chi connectivity index (χ0) is 45.2. The number of carbonyl (C=O) groups excluding carboxylic acids is 2. The summed E-state index contributed by atoms with van der Waals surface area (Å²) in [5.41, 5.74) is 4.48. The fraction of sp³-hybridized carbons (Fsp3) is 0.556. The Balaban J connectivity index is 0.000000146. The van der Waals surface area contributed by atoms with Crippen molar-refractivity contribution in [3.63, 3.8) is 0 Å². The minimum Gasteiger partial charge on any atom is -0.393 e. The Kier molecular flexibility index (Phi) is 11.6. The van der Waals surface area contributed by atoms with Gasteiger partial charge in [0.05, 0.1) is 35.4 Å². The molecule has 0 radical (unpaired) electrons. The zero-order valence-electron chi connectivity index (χ0n) is 37.8. The third kappa shape index (κ3) is 8.28. The van der Waals surface area contributed by atoms with Crippen molar-refractivity contribution in [3.05, 3.63) is 97.1 Å². The van der Waals surface area contributed by atoms with Crippen LogP contribution in [0.1, 0.15) is 89.9 Å². The second-order valence-electron chi connectivity index (χ2n) is 21.8. The molecule has 10 fully saturated rings. The van der Waals surface area contributed by atoms with Crippen molar-refractivity contribution >= 4 is 23.2 Å². The smallest absolute Gasteiger partial charge is 0.226 e. The third-order valence-electron chi connectivity index (χ3n) is 17.6. The van der Waals surface area contributed by atoms with Gasteiger partial charge >= 0.3 is 0 Å². The minimum atomic E-state index is -0.316. The van der Waals surface area contributed by atoms with Gasteiger partial charge in [-0.15, -0.1) is 0 Å². The number of aliphatic hydroxyl groups is 2. The van der Waals surface area contributed by atoms with Gasteiger partial charge in [-0.1, -0.05) is 24.3 Å². The summed E-state index contributed by atoms with van der Waals surface area (Å²) in [4.78, 5) is 39.3. The van der Waals surface area contributed by atoms with Crippen LogP contribution < -0.4 is 20.4 Å². The number of hydrogen-bond donors (Lipinski definition) is 4. The molecule has 8 bridgehead atoms. The van der Waals surface area contributed by atoms with Gasteiger partial charge in [-0.25, -0.2) is 8.78 Å². The molecule has 2 aromatic carbocycles. The van der Waals surface area contributed by atoms with E-state index in [9.17, 15) is 28.6 Å². The van der Waals surface area contributed by atoms with E-state index in [1.165, 1.54) is 12.4 Å². The number of aliphatic hydroxyl groups excluding tert-OH is 2.